The molecule has 11 nitrogen and oxygen atoms in total. The van der Waals surface area contributed by atoms with Crippen LogP contribution in [-0.4, -0.2) is 84.4 Å². The van der Waals surface area contributed by atoms with Crippen molar-refractivity contribution in [3.05, 3.63) is 46.1 Å². The van der Waals surface area contributed by atoms with Crippen LogP contribution in [-0.2, 0) is 4.79 Å². The standard InChI is InChI=1S/C23H27N7O3.CH4O/c1-14-16(13-24-30(14)22-25-19(31)18-4-3-9-29(18)26-22)20(32)28-10-7-23(8-11-28)12-17(23)21(33)27(2)15-5-6-15;1-2/h3-4,9,13,15,17H,5-8,10-12H2,1-2H3,(H,25,26,31);2H,1H3. The molecule has 6 rings (SSSR count). The predicted octanol–water partition coefficient (Wildman–Crippen LogP) is 0.988. The average molecular weight is 482 g/mol. The highest BCUT2D eigenvalue weighted by Gasteiger charge is 2.60. The summed E-state index contributed by atoms with van der Waals surface area (Å²) in [5, 5.41) is 15.7. The highest BCUT2D eigenvalue weighted by atomic mass is 16.2. The van der Waals surface area contributed by atoms with Crippen molar-refractivity contribution in [2.75, 3.05) is 27.2 Å². The van der Waals surface area contributed by atoms with Crippen LogP contribution in [0.25, 0.3) is 11.5 Å². The molecule has 1 unspecified atom stereocenters. The SMILES string of the molecule is CO.Cc1c(C(=O)N2CCC3(CC2)CC3C(=O)N(C)C2CC2)cnn1-c1nn2cccc2c(=O)[nH]1. The zero-order chi connectivity index (χ0) is 24.9. The molecule has 2 N–H and O–H groups in total. The Morgan fingerprint density at radius 1 is 1.23 bits per heavy atom. The van der Waals surface area contributed by atoms with E-state index in [1.165, 1.54) is 15.4 Å². The highest BCUT2D eigenvalue weighted by molar-refractivity contribution is 5.95. The maximum absolute atomic E-state index is 13.3. The molecular weight excluding hydrogens is 450 g/mol. The third kappa shape index (κ3) is 3.93. The summed E-state index contributed by atoms with van der Waals surface area (Å²) in [6.45, 7) is 3.09. The number of piperidine rings is 1. The van der Waals surface area contributed by atoms with Crippen molar-refractivity contribution >= 4 is 17.3 Å². The number of nitrogens with one attached hydrogen (secondary N) is 1. The molecule has 4 heterocycles. The van der Waals surface area contributed by atoms with Crippen LogP contribution < -0.4 is 5.56 Å². The molecular formula is C24H31N7O4. The molecule has 1 aliphatic heterocycles. The van der Waals surface area contributed by atoms with Gasteiger partial charge in [0.1, 0.15) is 5.52 Å². The first-order valence-electron chi connectivity index (χ1n) is 12.0. The topological polar surface area (TPSA) is 129 Å². The number of aromatic nitrogens is 5. The Hall–Kier alpha value is -3.47. The van der Waals surface area contributed by atoms with Crippen LogP contribution in [0.1, 0.15) is 48.2 Å². The molecule has 3 fully saturated rings. The van der Waals surface area contributed by atoms with Crippen molar-refractivity contribution in [2.45, 2.75) is 45.1 Å². The van der Waals surface area contributed by atoms with Gasteiger partial charge in [-0.25, -0.2) is 9.20 Å². The number of aliphatic hydroxyl groups is 1. The van der Waals surface area contributed by atoms with E-state index >= 15 is 0 Å². The van der Waals surface area contributed by atoms with E-state index in [0.29, 0.717) is 35.9 Å². The lowest BCUT2D eigenvalue weighted by Crippen LogP contribution is -2.41. The van der Waals surface area contributed by atoms with E-state index in [1.54, 1.807) is 25.3 Å². The van der Waals surface area contributed by atoms with E-state index < -0.39 is 0 Å². The van der Waals surface area contributed by atoms with Crippen LogP contribution in [0.3, 0.4) is 0 Å². The van der Waals surface area contributed by atoms with Crippen LogP contribution in [0.5, 0.6) is 0 Å². The second-order valence-electron chi connectivity index (χ2n) is 9.76. The molecule has 35 heavy (non-hydrogen) atoms. The summed E-state index contributed by atoms with van der Waals surface area (Å²) in [6.07, 6.45) is 8.15. The number of hydrogen-bond acceptors (Lipinski definition) is 6. The van der Waals surface area contributed by atoms with Gasteiger partial charge < -0.3 is 14.9 Å². The van der Waals surface area contributed by atoms with Crippen molar-refractivity contribution in [3.8, 4) is 5.95 Å². The number of aromatic amines is 1. The van der Waals surface area contributed by atoms with E-state index in [1.807, 2.05) is 16.8 Å². The molecule has 186 valence electrons. The number of hydrogen-bond donors (Lipinski definition) is 2. The van der Waals surface area contributed by atoms with Crippen LogP contribution >= 0.6 is 0 Å². The van der Waals surface area contributed by atoms with E-state index in [4.69, 9.17) is 5.11 Å². The quantitative estimate of drug-likeness (QED) is 0.572. The Balaban J connectivity index is 0.00000124. The predicted molar refractivity (Wildman–Crippen MR) is 127 cm³/mol. The van der Waals surface area contributed by atoms with E-state index in [9.17, 15) is 14.4 Å². The smallest absolute Gasteiger partial charge is 0.276 e. The molecule has 3 aliphatic rings. The average Bonchev–Trinajstić information content (AvgIpc) is 3.75. The molecule has 0 bridgehead atoms. The Morgan fingerprint density at radius 2 is 1.94 bits per heavy atom. The number of nitrogens with zero attached hydrogens (tertiary/aromatic N) is 6. The number of rotatable bonds is 4. The first kappa shape index (κ1) is 23.3. The number of H-pyrrole nitrogens is 1. The third-order valence-corrected chi connectivity index (χ3v) is 7.81. The van der Waals surface area contributed by atoms with Gasteiger partial charge in [0.25, 0.3) is 11.5 Å². The summed E-state index contributed by atoms with van der Waals surface area (Å²) >= 11 is 0. The minimum Gasteiger partial charge on any atom is -0.400 e. The monoisotopic (exact) mass is 481 g/mol. The second-order valence-corrected chi connectivity index (χ2v) is 9.76. The number of likely N-dealkylation sites (tertiary alicyclic amines) is 1. The maximum Gasteiger partial charge on any atom is 0.276 e. The first-order chi connectivity index (χ1) is 16.9. The van der Waals surface area contributed by atoms with Crippen molar-refractivity contribution in [1.82, 2.24) is 34.2 Å². The molecule has 2 aliphatic carbocycles. The maximum atomic E-state index is 13.3. The van der Waals surface area contributed by atoms with Gasteiger partial charge in [0.2, 0.25) is 11.9 Å². The van der Waals surface area contributed by atoms with Crippen LogP contribution in [0.2, 0.25) is 0 Å². The molecule has 3 aromatic heterocycles. The Bertz CT molecular complexity index is 1330. The Labute approximate surface area is 202 Å². The number of aliphatic hydroxyl groups excluding tert-OH is 1. The van der Waals surface area contributed by atoms with Gasteiger partial charge in [-0.05, 0) is 56.6 Å². The highest BCUT2D eigenvalue weighted by Crippen LogP contribution is 2.60. The molecule has 2 amide bonds. The van der Waals surface area contributed by atoms with Crippen LogP contribution in [0, 0.1) is 18.3 Å². The van der Waals surface area contributed by atoms with Gasteiger partial charge in [-0.1, -0.05) is 0 Å². The fourth-order valence-electron chi connectivity index (χ4n) is 5.32. The molecule has 11 heteroatoms. The minimum atomic E-state index is -0.269. The van der Waals surface area contributed by atoms with Crippen molar-refractivity contribution in [3.63, 3.8) is 0 Å². The van der Waals surface area contributed by atoms with Crippen molar-refractivity contribution in [1.29, 1.82) is 0 Å². The van der Waals surface area contributed by atoms with Gasteiger partial charge in [-0.15, -0.1) is 5.10 Å². The molecule has 1 atom stereocenters. The molecule has 0 radical (unpaired) electrons. The lowest BCUT2D eigenvalue weighted by atomic mass is 9.90. The van der Waals surface area contributed by atoms with Crippen molar-refractivity contribution < 1.29 is 14.7 Å². The van der Waals surface area contributed by atoms with E-state index in [-0.39, 0.29) is 34.7 Å². The zero-order valence-electron chi connectivity index (χ0n) is 20.3. The number of fused-ring (bicyclic) bond motifs is 1. The first-order valence-corrected chi connectivity index (χ1v) is 12.0. The lowest BCUT2D eigenvalue weighted by Gasteiger charge is -2.33. The summed E-state index contributed by atoms with van der Waals surface area (Å²) in [5.74, 6) is 0.598. The fraction of sp³-hybridized carbons (Fsp3) is 0.542. The number of carbonyl (C=O) groups excluding carboxylic acids is 2. The number of carbonyl (C=O) groups is 2. The lowest BCUT2D eigenvalue weighted by molar-refractivity contribution is -0.132. The second kappa shape index (κ2) is 8.63. The Morgan fingerprint density at radius 3 is 2.63 bits per heavy atom. The van der Waals surface area contributed by atoms with Gasteiger partial charge in [-0.3, -0.25) is 19.4 Å². The normalized spacial score (nSPS) is 20.5. The van der Waals surface area contributed by atoms with Gasteiger partial charge >= 0.3 is 0 Å². The van der Waals surface area contributed by atoms with Gasteiger partial charge in [-0.2, -0.15) is 5.10 Å². The van der Waals surface area contributed by atoms with Crippen LogP contribution in [0.15, 0.2) is 29.3 Å². The summed E-state index contributed by atoms with van der Waals surface area (Å²) in [5.41, 5.74) is 1.38. The number of amides is 2. The molecule has 1 saturated heterocycles. The summed E-state index contributed by atoms with van der Waals surface area (Å²) in [4.78, 5) is 44.9. The van der Waals surface area contributed by atoms with Crippen molar-refractivity contribution in [2.24, 2.45) is 11.3 Å². The van der Waals surface area contributed by atoms with E-state index in [0.717, 1.165) is 39.2 Å². The molecule has 3 aromatic rings. The van der Waals surface area contributed by atoms with Gasteiger partial charge in [0.15, 0.2) is 0 Å². The third-order valence-electron chi connectivity index (χ3n) is 7.81. The largest absolute Gasteiger partial charge is 0.400 e. The Kier molecular flexibility index (Phi) is 5.74. The zero-order valence-corrected chi connectivity index (χ0v) is 20.3. The van der Waals surface area contributed by atoms with Gasteiger partial charge in [0.05, 0.1) is 17.5 Å². The van der Waals surface area contributed by atoms with Crippen LogP contribution in [0.4, 0.5) is 0 Å². The fourth-order valence-corrected chi connectivity index (χ4v) is 5.32. The molecule has 1 spiro atoms. The van der Waals surface area contributed by atoms with Gasteiger partial charge in [0, 0.05) is 45.4 Å². The molecule has 2 saturated carbocycles. The minimum absolute atomic E-state index is 0.0726. The summed E-state index contributed by atoms with van der Waals surface area (Å²) in [6, 6.07) is 3.88. The molecule has 0 aromatic carbocycles. The summed E-state index contributed by atoms with van der Waals surface area (Å²) < 4.78 is 2.98. The van der Waals surface area contributed by atoms with E-state index in [2.05, 4.69) is 15.2 Å². The summed E-state index contributed by atoms with van der Waals surface area (Å²) in [7, 11) is 2.93.